The highest BCUT2D eigenvalue weighted by molar-refractivity contribution is 9.10. The average molecular weight is 372 g/mol. The van der Waals surface area contributed by atoms with Gasteiger partial charge in [0.15, 0.2) is 0 Å². The van der Waals surface area contributed by atoms with Crippen LogP contribution in [0.4, 0.5) is 5.69 Å². The summed E-state index contributed by atoms with van der Waals surface area (Å²) in [6, 6.07) is 8.64. The number of benzene rings is 1. The van der Waals surface area contributed by atoms with Gasteiger partial charge in [0.2, 0.25) is 11.8 Å². The molecule has 2 rings (SSSR count). The number of rotatable bonds is 3. The molecule has 0 amide bonds. The molecule has 0 aliphatic carbocycles. The lowest BCUT2D eigenvalue weighted by molar-refractivity contribution is 0.124. The summed E-state index contributed by atoms with van der Waals surface area (Å²) in [5.41, 5.74) is 5.95. The van der Waals surface area contributed by atoms with Crippen molar-refractivity contribution in [2.24, 2.45) is 0 Å². The molecule has 0 bridgehead atoms. The molecule has 1 aromatic carbocycles. The smallest absolute Gasteiger partial charge is 0.241 e. The van der Waals surface area contributed by atoms with E-state index in [2.05, 4.69) is 20.9 Å². The number of nitrogen functional groups attached to an aromatic ring is 1. The highest BCUT2D eigenvalue weighted by Crippen LogP contribution is 2.33. The van der Waals surface area contributed by atoms with Gasteiger partial charge in [-0.1, -0.05) is 11.6 Å². The molecule has 6 heteroatoms. The van der Waals surface area contributed by atoms with Crippen LogP contribution in [0.25, 0.3) is 0 Å². The molecule has 4 nitrogen and oxygen atoms in total. The first-order chi connectivity index (χ1) is 9.74. The number of nitrogens with zero attached hydrogens (tertiary/aromatic N) is 1. The van der Waals surface area contributed by atoms with Gasteiger partial charge in [-0.15, -0.1) is 0 Å². The monoisotopic (exact) mass is 370 g/mol. The third-order valence-electron chi connectivity index (χ3n) is 2.38. The van der Waals surface area contributed by atoms with E-state index in [9.17, 15) is 0 Å². The molecule has 2 aromatic rings. The minimum atomic E-state index is -0.388. The summed E-state index contributed by atoms with van der Waals surface area (Å²) in [4.78, 5) is 4.29. The molecule has 1 aromatic heterocycles. The van der Waals surface area contributed by atoms with Gasteiger partial charge in [0.1, 0.15) is 11.4 Å². The topological polar surface area (TPSA) is 57.4 Å². The number of halogens is 2. The summed E-state index contributed by atoms with van der Waals surface area (Å²) in [5, 5.41) is 0.622. The fraction of sp³-hybridized carbons (Fsp3) is 0.267. The zero-order chi connectivity index (χ0) is 15.6. The van der Waals surface area contributed by atoms with Crippen LogP contribution in [0.2, 0.25) is 5.02 Å². The van der Waals surface area contributed by atoms with Crippen molar-refractivity contribution in [3.05, 3.63) is 39.8 Å². The lowest BCUT2D eigenvalue weighted by Crippen LogP contribution is -2.24. The predicted molar refractivity (Wildman–Crippen MR) is 88.3 cm³/mol. The van der Waals surface area contributed by atoms with Crippen LogP contribution in [0.15, 0.2) is 34.8 Å². The Labute approximate surface area is 137 Å². The van der Waals surface area contributed by atoms with E-state index in [1.807, 2.05) is 20.8 Å². The van der Waals surface area contributed by atoms with Gasteiger partial charge in [0.25, 0.3) is 0 Å². The van der Waals surface area contributed by atoms with Gasteiger partial charge in [-0.25, -0.2) is 0 Å². The molecule has 2 N–H and O–H groups in total. The molecule has 112 valence electrons. The average Bonchev–Trinajstić information content (AvgIpc) is 2.35. The molecule has 0 atom stereocenters. The molecule has 0 saturated heterocycles. The first kappa shape index (κ1) is 15.9. The van der Waals surface area contributed by atoms with Gasteiger partial charge in [-0.3, -0.25) is 0 Å². The molecule has 0 fully saturated rings. The summed E-state index contributed by atoms with van der Waals surface area (Å²) in [7, 11) is 0. The quantitative estimate of drug-likeness (QED) is 0.820. The second kappa shape index (κ2) is 6.12. The van der Waals surface area contributed by atoms with Crippen LogP contribution in [0.1, 0.15) is 20.8 Å². The first-order valence-electron chi connectivity index (χ1n) is 6.33. The Morgan fingerprint density at radius 3 is 2.52 bits per heavy atom. The van der Waals surface area contributed by atoms with E-state index in [0.717, 1.165) is 4.47 Å². The fourth-order valence-electron chi connectivity index (χ4n) is 1.53. The van der Waals surface area contributed by atoms with Gasteiger partial charge in [0, 0.05) is 11.1 Å². The second-order valence-electron chi connectivity index (χ2n) is 5.44. The van der Waals surface area contributed by atoms with Crippen molar-refractivity contribution in [2.75, 3.05) is 5.73 Å². The van der Waals surface area contributed by atoms with E-state index < -0.39 is 0 Å². The van der Waals surface area contributed by atoms with Gasteiger partial charge in [-0.2, -0.15) is 4.98 Å². The van der Waals surface area contributed by atoms with Crippen molar-refractivity contribution in [3.63, 3.8) is 0 Å². The van der Waals surface area contributed by atoms with Crippen molar-refractivity contribution < 1.29 is 9.47 Å². The molecule has 0 aliphatic rings. The summed E-state index contributed by atoms with van der Waals surface area (Å²) in [6.07, 6.45) is 0. The number of ether oxygens (including phenoxy) is 2. The highest BCUT2D eigenvalue weighted by atomic mass is 79.9. The molecule has 1 heterocycles. The number of anilines is 1. The van der Waals surface area contributed by atoms with Crippen LogP contribution in [-0.4, -0.2) is 10.6 Å². The van der Waals surface area contributed by atoms with Crippen LogP contribution < -0.4 is 15.2 Å². The number of aromatic nitrogens is 1. The number of hydrogen-bond donors (Lipinski definition) is 1. The summed E-state index contributed by atoms with van der Waals surface area (Å²) >= 11 is 9.29. The molecule has 21 heavy (non-hydrogen) atoms. The largest absolute Gasteiger partial charge is 0.470 e. The minimum absolute atomic E-state index is 0.352. The van der Waals surface area contributed by atoms with Crippen LogP contribution >= 0.6 is 27.5 Å². The van der Waals surface area contributed by atoms with Crippen LogP contribution in [0.3, 0.4) is 0 Å². The van der Waals surface area contributed by atoms with Gasteiger partial charge in [-0.05, 0) is 61.0 Å². The van der Waals surface area contributed by atoms with Gasteiger partial charge >= 0.3 is 0 Å². The second-order valence-corrected chi connectivity index (χ2v) is 6.73. The van der Waals surface area contributed by atoms with E-state index in [4.69, 9.17) is 26.8 Å². The summed E-state index contributed by atoms with van der Waals surface area (Å²) in [6.45, 7) is 5.78. The molecule has 0 spiro atoms. The fourth-order valence-corrected chi connectivity index (χ4v) is 2.30. The standard InChI is InChI=1S/C15H16BrClN2O2/c1-15(2,3)21-14-11(18)5-7-13(19-14)20-12-6-4-9(17)8-10(12)16/h4-8H,18H2,1-3H3. The highest BCUT2D eigenvalue weighted by Gasteiger charge is 2.16. The van der Waals surface area contributed by atoms with Crippen molar-refractivity contribution in [1.82, 2.24) is 4.98 Å². The number of pyridine rings is 1. The Morgan fingerprint density at radius 2 is 1.90 bits per heavy atom. The Kier molecular flexibility index (Phi) is 4.64. The maximum Gasteiger partial charge on any atom is 0.241 e. The van der Waals surface area contributed by atoms with E-state index in [0.29, 0.717) is 28.2 Å². The number of nitrogens with two attached hydrogens (primary N) is 1. The van der Waals surface area contributed by atoms with E-state index in [1.54, 1.807) is 30.3 Å². The van der Waals surface area contributed by atoms with E-state index in [1.165, 1.54) is 0 Å². The van der Waals surface area contributed by atoms with Gasteiger partial charge < -0.3 is 15.2 Å². The molecule has 0 aliphatic heterocycles. The Morgan fingerprint density at radius 1 is 1.19 bits per heavy atom. The Hall–Kier alpha value is -1.46. The van der Waals surface area contributed by atoms with Crippen LogP contribution in [0, 0.1) is 0 Å². The summed E-state index contributed by atoms with van der Waals surface area (Å²) < 4.78 is 12.2. The van der Waals surface area contributed by atoms with Crippen molar-refractivity contribution in [2.45, 2.75) is 26.4 Å². The van der Waals surface area contributed by atoms with Gasteiger partial charge in [0.05, 0.1) is 10.2 Å². The molecular weight excluding hydrogens is 356 g/mol. The third-order valence-corrected chi connectivity index (χ3v) is 3.23. The third kappa shape index (κ3) is 4.51. The zero-order valence-corrected chi connectivity index (χ0v) is 14.3. The normalized spacial score (nSPS) is 11.3. The molecule has 0 unspecified atom stereocenters. The van der Waals surface area contributed by atoms with Crippen molar-refractivity contribution >= 4 is 33.2 Å². The first-order valence-corrected chi connectivity index (χ1v) is 7.50. The van der Waals surface area contributed by atoms with E-state index >= 15 is 0 Å². The van der Waals surface area contributed by atoms with Crippen molar-refractivity contribution in [3.8, 4) is 17.5 Å². The van der Waals surface area contributed by atoms with E-state index in [-0.39, 0.29) is 5.60 Å². The SMILES string of the molecule is CC(C)(C)Oc1nc(Oc2ccc(Cl)cc2Br)ccc1N. The lowest BCUT2D eigenvalue weighted by Gasteiger charge is -2.21. The van der Waals surface area contributed by atoms with Crippen LogP contribution in [0.5, 0.6) is 17.5 Å². The van der Waals surface area contributed by atoms with Crippen molar-refractivity contribution in [1.29, 1.82) is 0 Å². The Balaban J connectivity index is 2.26. The molecule has 0 saturated carbocycles. The molecular formula is C15H16BrClN2O2. The maximum absolute atomic E-state index is 5.90. The molecule has 0 radical (unpaired) electrons. The Bertz CT molecular complexity index is 657. The lowest BCUT2D eigenvalue weighted by atomic mass is 10.2. The maximum atomic E-state index is 5.90. The minimum Gasteiger partial charge on any atom is -0.470 e. The predicted octanol–water partition coefficient (Wildman–Crippen LogP) is 5.05. The summed E-state index contributed by atoms with van der Waals surface area (Å²) in [5.74, 6) is 1.36. The van der Waals surface area contributed by atoms with Crippen LogP contribution in [-0.2, 0) is 0 Å². The number of hydrogen-bond acceptors (Lipinski definition) is 4. The zero-order valence-electron chi connectivity index (χ0n) is 12.0.